The highest BCUT2D eigenvalue weighted by Crippen LogP contribution is 2.23. The maximum absolute atomic E-state index is 13.2. The molecule has 1 amide bonds. The number of rotatable bonds is 7. The molecule has 3 N–H and O–H groups in total. The smallest absolute Gasteiger partial charge is 0.287 e. The van der Waals surface area contributed by atoms with Gasteiger partial charge in [0.15, 0.2) is 16.3 Å². The second kappa shape index (κ2) is 8.93. The van der Waals surface area contributed by atoms with Crippen molar-refractivity contribution in [2.75, 3.05) is 17.7 Å². The minimum atomic E-state index is -0.319. The second-order valence-corrected chi connectivity index (χ2v) is 8.23. The van der Waals surface area contributed by atoms with Gasteiger partial charge in [0, 0.05) is 18.4 Å². The summed E-state index contributed by atoms with van der Waals surface area (Å²) in [6.45, 7) is 0.0459. The lowest BCUT2D eigenvalue weighted by Crippen LogP contribution is -2.15. The molecule has 2 aromatic carbocycles. The Morgan fingerprint density at radius 3 is 2.52 bits per heavy atom. The molecule has 3 aromatic heterocycles. The Morgan fingerprint density at radius 1 is 1.06 bits per heavy atom. The number of para-hydroxylation sites is 1. The van der Waals surface area contributed by atoms with Gasteiger partial charge in [-0.15, -0.1) is 0 Å². The summed E-state index contributed by atoms with van der Waals surface area (Å²) in [5, 5.41) is 12.8. The molecule has 0 bridgehead atoms. The molecule has 3 heterocycles. The highest BCUT2D eigenvalue weighted by atomic mass is 32.2. The molecule has 0 atom stereocenters. The fourth-order valence-corrected chi connectivity index (χ4v) is 4.38. The van der Waals surface area contributed by atoms with Crippen LogP contribution < -0.4 is 10.9 Å². The Kier molecular flexibility index (Phi) is 5.68. The van der Waals surface area contributed by atoms with Crippen LogP contribution in [-0.2, 0) is 11.3 Å². The van der Waals surface area contributed by atoms with E-state index < -0.39 is 0 Å². The third kappa shape index (κ3) is 4.13. The van der Waals surface area contributed by atoms with Crippen molar-refractivity contribution < 1.29 is 9.90 Å². The van der Waals surface area contributed by atoms with E-state index in [2.05, 4.69) is 20.3 Å². The van der Waals surface area contributed by atoms with Crippen molar-refractivity contribution in [3.8, 4) is 11.3 Å². The number of aliphatic hydroxyl groups is 1. The van der Waals surface area contributed by atoms with Gasteiger partial charge in [0.05, 0.1) is 18.1 Å². The number of carbonyl (C=O) groups is 1. The molecular formula is C23H20N6O3S. The van der Waals surface area contributed by atoms with Crippen LogP contribution >= 0.6 is 11.8 Å². The maximum Gasteiger partial charge on any atom is 0.287 e. The molecule has 166 valence electrons. The number of benzene rings is 2. The first-order chi connectivity index (χ1) is 16.1. The van der Waals surface area contributed by atoms with Gasteiger partial charge < -0.3 is 20.0 Å². The van der Waals surface area contributed by atoms with E-state index in [1.165, 1.54) is 16.2 Å². The number of thioether (sulfide) groups is 1. The number of imidazole rings is 2. The highest BCUT2D eigenvalue weighted by Gasteiger charge is 2.19. The van der Waals surface area contributed by atoms with E-state index in [1.807, 2.05) is 48.5 Å². The van der Waals surface area contributed by atoms with Crippen molar-refractivity contribution in [3.05, 3.63) is 77.2 Å². The first-order valence-corrected chi connectivity index (χ1v) is 11.3. The first kappa shape index (κ1) is 21.0. The zero-order valence-corrected chi connectivity index (χ0v) is 18.2. The van der Waals surface area contributed by atoms with Crippen LogP contribution in [0, 0.1) is 0 Å². The largest absolute Gasteiger partial charge is 0.395 e. The van der Waals surface area contributed by atoms with Crippen molar-refractivity contribution in [2.45, 2.75) is 11.7 Å². The number of nitrogens with zero attached hydrogens (tertiary/aromatic N) is 4. The van der Waals surface area contributed by atoms with Gasteiger partial charge in [-0.05, 0) is 17.7 Å². The lowest BCUT2D eigenvalue weighted by atomic mass is 10.2. The topological polar surface area (TPSA) is 117 Å². The first-order valence-electron chi connectivity index (χ1n) is 10.3. The molecule has 0 saturated carbocycles. The van der Waals surface area contributed by atoms with Crippen molar-refractivity contribution in [3.63, 3.8) is 0 Å². The van der Waals surface area contributed by atoms with E-state index in [1.54, 1.807) is 22.9 Å². The minimum Gasteiger partial charge on any atom is -0.395 e. The van der Waals surface area contributed by atoms with Crippen LogP contribution in [0.4, 0.5) is 5.69 Å². The minimum absolute atomic E-state index is 0.0982. The summed E-state index contributed by atoms with van der Waals surface area (Å²) >= 11 is 1.19. The van der Waals surface area contributed by atoms with Gasteiger partial charge in [-0.25, -0.2) is 9.38 Å². The molecule has 0 aliphatic rings. The van der Waals surface area contributed by atoms with Gasteiger partial charge in [0.25, 0.3) is 5.56 Å². The zero-order chi connectivity index (χ0) is 22.8. The Morgan fingerprint density at radius 2 is 1.79 bits per heavy atom. The van der Waals surface area contributed by atoms with Crippen LogP contribution in [0.3, 0.4) is 0 Å². The number of aromatic nitrogens is 5. The van der Waals surface area contributed by atoms with Gasteiger partial charge in [-0.3, -0.25) is 9.59 Å². The van der Waals surface area contributed by atoms with E-state index in [0.29, 0.717) is 22.3 Å². The number of aromatic amines is 1. The molecule has 10 heteroatoms. The zero-order valence-electron chi connectivity index (χ0n) is 17.4. The lowest BCUT2D eigenvalue weighted by molar-refractivity contribution is -0.113. The number of H-pyrrole nitrogens is 1. The third-order valence-corrected chi connectivity index (χ3v) is 6.05. The molecule has 5 aromatic rings. The van der Waals surface area contributed by atoms with Gasteiger partial charge >= 0.3 is 0 Å². The van der Waals surface area contributed by atoms with E-state index in [9.17, 15) is 14.7 Å². The number of carbonyl (C=O) groups excluding carboxylic acids is 1. The normalized spacial score (nSPS) is 11.3. The number of nitrogens with one attached hydrogen (secondary N) is 2. The molecule has 0 fully saturated rings. The molecule has 0 saturated heterocycles. The van der Waals surface area contributed by atoms with Crippen molar-refractivity contribution in [1.29, 1.82) is 0 Å². The van der Waals surface area contributed by atoms with E-state index in [0.717, 1.165) is 11.3 Å². The Bertz CT molecular complexity index is 1490. The van der Waals surface area contributed by atoms with Gasteiger partial charge in [-0.1, -0.05) is 60.3 Å². The van der Waals surface area contributed by atoms with E-state index in [4.69, 9.17) is 0 Å². The summed E-state index contributed by atoms with van der Waals surface area (Å²) in [4.78, 5) is 37.8. The third-order valence-electron chi connectivity index (χ3n) is 5.07. The quantitative estimate of drug-likeness (QED) is 0.322. The van der Waals surface area contributed by atoms with Crippen molar-refractivity contribution in [2.24, 2.45) is 0 Å². The van der Waals surface area contributed by atoms with Crippen LogP contribution in [0.2, 0.25) is 0 Å². The fraction of sp³-hybridized carbons (Fsp3) is 0.130. The molecule has 0 radical (unpaired) electrons. The molecule has 5 rings (SSSR count). The standard InChI is InChI=1S/C23H20N6O3S/c30-12-11-28-20-19(26-23(28)33-14-18(31)24-16-9-5-2-6-10-16)21(32)29-13-17(25-22(29)27-20)15-7-3-1-4-8-15/h1-10,13,30H,11-12,14H2,(H,24,31)(H,25,27). The summed E-state index contributed by atoms with van der Waals surface area (Å²) in [5.74, 6) is 0.281. The van der Waals surface area contributed by atoms with Crippen LogP contribution in [0.25, 0.3) is 28.2 Å². The molecule has 0 aliphatic heterocycles. The maximum atomic E-state index is 13.2. The summed E-state index contributed by atoms with van der Waals surface area (Å²) < 4.78 is 3.09. The Balaban J connectivity index is 1.48. The number of fused-ring (bicyclic) bond motifs is 2. The average Bonchev–Trinajstić information content (AvgIpc) is 3.42. The molecule has 0 aliphatic carbocycles. The van der Waals surface area contributed by atoms with E-state index >= 15 is 0 Å². The average molecular weight is 461 g/mol. The van der Waals surface area contributed by atoms with Crippen molar-refractivity contribution >= 4 is 40.3 Å². The summed E-state index contributed by atoms with van der Waals surface area (Å²) in [7, 11) is 0. The Labute approximate surface area is 192 Å². The lowest BCUT2D eigenvalue weighted by Gasteiger charge is -2.07. The highest BCUT2D eigenvalue weighted by molar-refractivity contribution is 7.99. The predicted molar refractivity (Wildman–Crippen MR) is 127 cm³/mol. The Hall–Kier alpha value is -3.89. The van der Waals surface area contributed by atoms with E-state index in [-0.39, 0.29) is 35.9 Å². The van der Waals surface area contributed by atoms with Gasteiger partial charge in [-0.2, -0.15) is 4.98 Å². The van der Waals surface area contributed by atoms with Crippen LogP contribution in [0.5, 0.6) is 0 Å². The number of aliphatic hydroxyl groups excluding tert-OH is 1. The van der Waals surface area contributed by atoms with Crippen LogP contribution in [0.1, 0.15) is 0 Å². The van der Waals surface area contributed by atoms with Crippen LogP contribution in [-0.4, -0.2) is 47.3 Å². The van der Waals surface area contributed by atoms with Crippen LogP contribution in [0.15, 0.2) is 76.8 Å². The number of amides is 1. The molecule has 0 unspecified atom stereocenters. The second-order valence-electron chi connectivity index (χ2n) is 7.29. The predicted octanol–water partition coefficient (Wildman–Crippen LogP) is 2.76. The monoisotopic (exact) mass is 460 g/mol. The number of anilines is 1. The SMILES string of the molecule is O=C(CSc1nc2c(=O)n3cc(-c4ccccc4)[nH]c3nc2n1CCO)Nc1ccccc1. The molecule has 9 nitrogen and oxygen atoms in total. The molecular weight excluding hydrogens is 440 g/mol. The van der Waals surface area contributed by atoms with Crippen molar-refractivity contribution in [1.82, 2.24) is 23.9 Å². The van der Waals surface area contributed by atoms with Gasteiger partial charge in [0.2, 0.25) is 11.7 Å². The fourth-order valence-electron chi connectivity index (χ4n) is 3.56. The molecule has 33 heavy (non-hydrogen) atoms. The number of hydrogen-bond donors (Lipinski definition) is 3. The summed E-state index contributed by atoms with van der Waals surface area (Å²) in [5.41, 5.74) is 2.62. The molecule has 0 spiro atoms. The van der Waals surface area contributed by atoms with Gasteiger partial charge in [0.1, 0.15) is 0 Å². The number of hydrogen-bond acceptors (Lipinski definition) is 6. The summed E-state index contributed by atoms with van der Waals surface area (Å²) in [6, 6.07) is 18.8. The summed E-state index contributed by atoms with van der Waals surface area (Å²) in [6.07, 6.45) is 1.70.